The van der Waals surface area contributed by atoms with E-state index in [2.05, 4.69) is 32.5 Å². The quantitative estimate of drug-likeness (QED) is 0.774. The number of anilines is 1. The summed E-state index contributed by atoms with van der Waals surface area (Å²) in [7, 11) is 0. The van der Waals surface area contributed by atoms with Gasteiger partial charge >= 0.3 is 6.03 Å². The summed E-state index contributed by atoms with van der Waals surface area (Å²) in [5.41, 5.74) is 1.43. The van der Waals surface area contributed by atoms with E-state index in [-0.39, 0.29) is 12.1 Å². The molecule has 2 aromatic heterocycles. The average molecular weight is 275 g/mol. The maximum atomic E-state index is 12.0. The number of fused-ring (bicyclic) bond motifs is 1. The highest BCUT2D eigenvalue weighted by atomic mass is 16.5. The molecule has 106 valence electrons. The maximum Gasteiger partial charge on any atom is 0.320 e. The van der Waals surface area contributed by atoms with Gasteiger partial charge < -0.3 is 15.0 Å². The minimum atomic E-state index is -0.257. The molecular weight excluding hydrogens is 258 g/mol. The molecule has 1 aliphatic rings. The van der Waals surface area contributed by atoms with Crippen LogP contribution < -0.4 is 10.6 Å². The average Bonchev–Trinajstić information content (AvgIpc) is 2.89. The molecule has 0 aliphatic carbocycles. The Bertz CT molecular complexity index is 612. The van der Waals surface area contributed by atoms with Gasteiger partial charge in [-0.25, -0.2) is 14.8 Å². The summed E-state index contributed by atoms with van der Waals surface area (Å²) < 4.78 is 5.35. The molecule has 2 aromatic rings. The SMILES string of the molecule is C[C@@H]1COCC[C@@H]1NC(=O)Nc1cnc2[nH]ccc2n1. The highest BCUT2D eigenvalue weighted by Crippen LogP contribution is 2.14. The zero-order valence-electron chi connectivity index (χ0n) is 11.2. The third-order valence-corrected chi connectivity index (χ3v) is 3.46. The molecule has 7 nitrogen and oxygen atoms in total. The lowest BCUT2D eigenvalue weighted by atomic mass is 9.98. The van der Waals surface area contributed by atoms with E-state index in [4.69, 9.17) is 4.74 Å². The lowest BCUT2D eigenvalue weighted by Crippen LogP contribution is -2.46. The summed E-state index contributed by atoms with van der Waals surface area (Å²) in [6.45, 7) is 3.43. The summed E-state index contributed by atoms with van der Waals surface area (Å²) in [5, 5.41) is 5.67. The number of aromatic nitrogens is 3. The van der Waals surface area contributed by atoms with E-state index in [1.165, 1.54) is 6.20 Å². The summed E-state index contributed by atoms with van der Waals surface area (Å²) >= 11 is 0. The summed E-state index contributed by atoms with van der Waals surface area (Å²) in [5.74, 6) is 0.752. The van der Waals surface area contributed by atoms with Crippen LogP contribution in [0.15, 0.2) is 18.5 Å². The van der Waals surface area contributed by atoms with Gasteiger partial charge in [-0.2, -0.15) is 0 Å². The third kappa shape index (κ3) is 2.72. The van der Waals surface area contributed by atoms with E-state index in [9.17, 15) is 4.79 Å². The second-order valence-electron chi connectivity index (χ2n) is 5.01. The molecule has 2 amide bonds. The molecule has 1 aliphatic heterocycles. The minimum absolute atomic E-state index is 0.132. The lowest BCUT2D eigenvalue weighted by Gasteiger charge is -2.29. The van der Waals surface area contributed by atoms with E-state index in [1.807, 2.05) is 6.07 Å². The first-order valence-corrected chi connectivity index (χ1v) is 6.68. The Kier molecular flexibility index (Phi) is 3.51. The van der Waals surface area contributed by atoms with Gasteiger partial charge in [0.25, 0.3) is 0 Å². The zero-order valence-corrected chi connectivity index (χ0v) is 11.2. The van der Waals surface area contributed by atoms with Crippen LogP contribution in [-0.2, 0) is 4.74 Å². The van der Waals surface area contributed by atoms with E-state index >= 15 is 0 Å². The van der Waals surface area contributed by atoms with Crippen LogP contribution >= 0.6 is 0 Å². The Morgan fingerprint density at radius 1 is 1.55 bits per heavy atom. The van der Waals surface area contributed by atoms with Gasteiger partial charge in [-0.05, 0) is 18.4 Å². The van der Waals surface area contributed by atoms with Crippen molar-refractivity contribution in [3.8, 4) is 0 Å². The van der Waals surface area contributed by atoms with Crippen LogP contribution in [0.3, 0.4) is 0 Å². The maximum absolute atomic E-state index is 12.0. The molecule has 3 N–H and O–H groups in total. The molecule has 7 heteroatoms. The normalized spacial score (nSPS) is 22.6. The van der Waals surface area contributed by atoms with E-state index in [0.29, 0.717) is 30.6 Å². The summed E-state index contributed by atoms with van der Waals surface area (Å²) in [6, 6.07) is 1.69. The first kappa shape index (κ1) is 12.9. The first-order valence-electron chi connectivity index (χ1n) is 6.68. The van der Waals surface area contributed by atoms with Crippen LogP contribution in [0.5, 0.6) is 0 Å². The fourth-order valence-corrected chi connectivity index (χ4v) is 2.31. The number of aromatic amines is 1. The van der Waals surface area contributed by atoms with Crippen LogP contribution in [0, 0.1) is 5.92 Å². The van der Waals surface area contributed by atoms with Crippen molar-refractivity contribution in [2.45, 2.75) is 19.4 Å². The molecule has 0 spiro atoms. The van der Waals surface area contributed by atoms with E-state index in [0.717, 1.165) is 11.9 Å². The molecule has 20 heavy (non-hydrogen) atoms. The fourth-order valence-electron chi connectivity index (χ4n) is 2.31. The standard InChI is InChI=1S/C13H17N5O2/c1-8-7-20-5-3-9(8)17-13(19)18-11-6-15-12-10(16-11)2-4-14-12/h2,4,6,8-9H,3,5,7H2,1H3,(H,14,15)(H2,16,17,18,19)/t8-,9+/m1/s1. The van der Waals surface area contributed by atoms with Crippen molar-refractivity contribution in [3.05, 3.63) is 18.5 Å². The van der Waals surface area contributed by atoms with Gasteiger partial charge in [-0.3, -0.25) is 5.32 Å². The Balaban J connectivity index is 1.63. The number of H-pyrrole nitrogens is 1. The molecule has 1 saturated heterocycles. The number of carbonyl (C=O) groups is 1. The topological polar surface area (TPSA) is 91.9 Å². The lowest BCUT2D eigenvalue weighted by molar-refractivity contribution is 0.0424. The van der Waals surface area contributed by atoms with Crippen LogP contribution in [0.25, 0.3) is 11.2 Å². The van der Waals surface area contributed by atoms with E-state index < -0.39 is 0 Å². The van der Waals surface area contributed by atoms with Crippen LogP contribution in [0.2, 0.25) is 0 Å². The van der Waals surface area contributed by atoms with Gasteiger partial charge in [-0.15, -0.1) is 0 Å². The van der Waals surface area contributed by atoms with Gasteiger partial charge in [0.2, 0.25) is 0 Å². The minimum Gasteiger partial charge on any atom is -0.381 e. The number of hydrogen-bond acceptors (Lipinski definition) is 4. The molecule has 1 fully saturated rings. The van der Waals surface area contributed by atoms with Crippen molar-refractivity contribution in [2.75, 3.05) is 18.5 Å². The summed E-state index contributed by atoms with van der Waals surface area (Å²) in [6.07, 6.45) is 4.13. The molecule has 3 heterocycles. The number of hydrogen-bond donors (Lipinski definition) is 3. The number of rotatable bonds is 2. The van der Waals surface area contributed by atoms with Crippen LogP contribution in [0.1, 0.15) is 13.3 Å². The summed E-state index contributed by atoms with van der Waals surface area (Å²) in [4.78, 5) is 23.4. The molecule has 0 bridgehead atoms. The Morgan fingerprint density at radius 2 is 2.45 bits per heavy atom. The predicted octanol–water partition coefficient (Wildman–Crippen LogP) is 1.50. The molecule has 0 unspecified atom stereocenters. The largest absolute Gasteiger partial charge is 0.381 e. The van der Waals surface area contributed by atoms with Crippen molar-refractivity contribution < 1.29 is 9.53 Å². The number of ether oxygens (including phenoxy) is 1. The molecule has 0 saturated carbocycles. The van der Waals surface area contributed by atoms with Crippen molar-refractivity contribution in [3.63, 3.8) is 0 Å². The molecular formula is C13H17N5O2. The van der Waals surface area contributed by atoms with Gasteiger partial charge in [0.05, 0.1) is 12.8 Å². The van der Waals surface area contributed by atoms with Gasteiger partial charge in [0.15, 0.2) is 11.5 Å². The number of amides is 2. The van der Waals surface area contributed by atoms with Gasteiger partial charge in [0, 0.05) is 18.8 Å². The van der Waals surface area contributed by atoms with Crippen molar-refractivity contribution in [1.82, 2.24) is 20.3 Å². The van der Waals surface area contributed by atoms with Crippen LogP contribution in [0.4, 0.5) is 10.6 Å². The fraction of sp³-hybridized carbons (Fsp3) is 0.462. The first-order chi connectivity index (χ1) is 9.72. The number of urea groups is 1. The Hall–Kier alpha value is -2.15. The Morgan fingerprint density at radius 3 is 3.30 bits per heavy atom. The van der Waals surface area contributed by atoms with Gasteiger partial charge in [-0.1, -0.05) is 6.92 Å². The highest BCUT2D eigenvalue weighted by Gasteiger charge is 2.23. The second kappa shape index (κ2) is 5.46. The molecule has 3 rings (SSSR count). The smallest absolute Gasteiger partial charge is 0.320 e. The highest BCUT2D eigenvalue weighted by molar-refractivity contribution is 5.89. The zero-order chi connectivity index (χ0) is 13.9. The number of carbonyl (C=O) groups excluding carboxylic acids is 1. The van der Waals surface area contributed by atoms with Crippen molar-refractivity contribution in [1.29, 1.82) is 0 Å². The third-order valence-electron chi connectivity index (χ3n) is 3.46. The number of nitrogens with one attached hydrogen (secondary N) is 3. The van der Waals surface area contributed by atoms with Crippen molar-refractivity contribution in [2.24, 2.45) is 5.92 Å². The number of nitrogens with zero attached hydrogens (tertiary/aromatic N) is 2. The Labute approximate surface area is 116 Å². The predicted molar refractivity (Wildman–Crippen MR) is 74.4 cm³/mol. The second-order valence-corrected chi connectivity index (χ2v) is 5.01. The van der Waals surface area contributed by atoms with Crippen LogP contribution in [-0.4, -0.2) is 40.2 Å². The molecule has 0 radical (unpaired) electrons. The van der Waals surface area contributed by atoms with Crippen molar-refractivity contribution >= 4 is 23.0 Å². The monoisotopic (exact) mass is 275 g/mol. The van der Waals surface area contributed by atoms with E-state index in [1.54, 1.807) is 6.20 Å². The molecule has 2 atom stereocenters. The molecule has 0 aromatic carbocycles. The van der Waals surface area contributed by atoms with Gasteiger partial charge in [0.1, 0.15) is 5.52 Å².